The van der Waals surface area contributed by atoms with Gasteiger partial charge in [0, 0.05) is 18.3 Å². The van der Waals surface area contributed by atoms with Crippen molar-refractivity contribution in [1.29, 1.82) is 5.26 Å². The van der Waals surface area contributed by atoms with Gasteiger partial charge in [0.05, 0.1) is 5.56 Å². The van der Waals surface area contributed by atoms with Crippen molar-refractivity contribution in [3.8, 4) is 6.07 Å². The highest BCUT2D eigenvalue weighted by molar-refractivity contribution is 7.89. The van der Waals surface area contributed by atoms with E-state index in [0.717, 1.165) is 0 Å². The number of nitrogen functional groups attached to an aromatic ring is 1. The lowest BCUT2D eigenvalue weighted by molar-refractivity contribution is 0.319. The van der Waals surface area contributed by atoms with E-state index in [1.807, 2.05) is 33.8 Å². The van der Waals surface area contributed by atoms with Gasteiger partial charge in [-0.2, -0.15) is 9.57 Å². The molecule has 0 fully saturated rings. The van der Waals surface area contributed by atoms with Crippen LogP contribution in [0.3, 0.4) is 0 Å². The molecular weight excluding hydrogens is 274 g/mol. The zero-order valence-electron chi connectivity index (χ0n) is 12.3. The zero-order valence-corrected chi connectivity index (χ0v) is 13.1. The van der Waals surface area contributed by atoms with Crippen molar-refractivity contribution in [2.24, 2.45) is 5.92 Å². The highest BCUT2D eigenvalue weighted by Crippen LogP contribution is 2.24. The summed E-state index contributed by atoms with van der Waals surface area (Å²) >= 11 is 0. The van der Waals surface area contributed by atoms with E-state index in [4.69, 9.17) is 11.0 Å². The molecule has 110 valence electrons. The van der Waals surface area contributed by atoms with E-state index in [1.54, 1.807) is 0 Å². The zero-order chi connectivity index (χ0) is 15.5. The Kier molecular flexibility index (Phi) is 5.15. The van der Waals surface area contributed by atoms with Gasteiger partial charge < -0.3 is 5.73 Å². The summed E-state index contributed by atoms with van der Waals surface area (Å²) in [6.45, 7) is 7.97. The summed E-state index contributed by atoms with van der Waals surface area (Å²) in [6.07, 6.45) is 0. The van der Waals surface area contributed by atoms with E-state index in [9.17, 15) is 8.42 Å². The van der Waals surface area contributed by atoms with Crippen LogP contribution >= 0.6 is 0 Å². The Labute approximate surface area is 121 Å². The average molecular weight is 295 g/mol. The second-order valence-corrected chi connectivity index (χ2v) is 7.29. The van der Waals surface area contributed by atoms with Crippen LogP contribution < -0.4 is 5.73 Å². The number of anilines is 1. The van der Waals surface area contributed by atoms with Crippen LogP contribution in [-0.4, -0.2) is 25.3 Å². The van der Waals surface area contributed by atoms with Gasteiger partial charge in [-0.05, 0) is 38.0 Å². The molecule has 0 unspecified atom stereocenters. The van der Waals surface area contributed by atoms with Gasteiger partial charge in [-0.3, -0.25) is 0 Å². The molecule has 0 spiro atoms. The van der Waals surface area contributed by atoms with E-state index >= 15 is 0 Å². The van der Waals surface area contributed by atoms with Gasteiger partial charge in [-0.25, -0.2) is 8.42 Å². The molecule has 0 radical (unpaired) electrons. The molecule has 0 saturated carbocycles. The van der Waals surface area contributed by atoms with E-state index in [2.05, 4.69) is 0 Å². The number of hydrogen-bond donors (Lipinski definition) is 1. The standard InChI is InChI=1S/C14H21N3O2S/c1-10(2)9-17(11(3)4)20(18,19)14-6-5-13(16)7-12(14)8-15/h5-7,10-11H,9,16H2,1-4H3. The first-order valence-corrected chi connectivity index (χ1v) is 7.95. The minimum Gasteiger partial charge on any atom is -0.399 e. The fourth-order valence-corrected chi connectivity index (χ4v) is 3.86. The minimum absolute atomic E-state index is 0.0172. The molecule has 0 heterocycles. The second kappa shape index (κ2) is 6.25. The fourth-order valence-electron chi connectivity index (χ4n) is 1.93. The molecule has 2 N–H and O–H groups in total. The quantitative estimate of drug-likeness (QED) is 0.843. The van der Waals surface area contributed by atoms with Crippen molar-refractivity contribution >= 4 is 15.7 Å². The highest BCUT2D eigenvalue weighted by Gasteiger charge is 2.29. The molecule has 1 aromatic carbocycles. The number of nitrogens with zero attached hydrogens (tertiary/aromatic N) is 2. The van der Waals surface area contributed by atoms with Gasteiger partial charge in [0.1, 0.15) is 11.0 Å². The largest absolute Gasteiger partial charge is 0.399 e. The molecule has 0 aliphatic rings. The van der Waals surface area contributed by atoms with E-state index in [0.29, 0.717) is 12.2 Å². The lowest BCUT2D eigenvalue weighted by Crippen LogP contribution is -2.39. The predicted molar refractivity (Wildman–Crippen MR) is 79.4 cm³/mol. The maximum Gasteiger partial charge on any atom is 0.244 e. The Hall–Kier alpha value is -1.58. The number of benzene rings is 1. The molecule has 1 aromatic rings. The van der Waals surface area contributed by atoms with E-state index in [1.165, 1.54) is 22.5 Å². The summed E-state index contributed by atoms with van der Waals surface area (Å²) in [7, 11) is -3.70. The Morgan fingerprint density at radius 2 is 1.90 bits per heavy atom. The Morgan fingerprint density at radius 1 is 1.30 bits per heavy atom. The molecule has 0 amide bonds. The summed E-state index contributed by atoms with van der Waals surface area (Å²) in [5, 5.41) is 9.12. The van der Waals surface area contributed by atoms with Crippen molar-refractivity contribution in [2.75, 3.05) is 12.3 Å². The molecule has 6 heteroatoms. The maximum absolute atomic E-state index is 12.7. The Bertz CT molecular complexity index is 616. The summed E-state index contributed by atoms with van der Waals surface area (Å²) in [6, 6.07) is 6.02. The van der Waals surface area contributed by atoms with Crippen molar-refractivity contribution in [1.82, 2.24) is 4.31 Å². The number of nitriles is 1. The van der Waals surface area contributed by atoms with Crippen LogP contribution in [0.4, 0.5) is 5.69 Å². The summed E-state index contributed by atoms with van der Waals surface area (Å²) in [5.41, 5.74) is 6.06. The first-order valence-electron chi connectivity index (χ1n) is 6.51. The molecule has 1 rings (SSSR count). The van der Waals surface area contributed by atoms with Crippen LogP contribution in [0.25, 0.3) is 0 Å². The normalized spacial score (nSPS) is 12.1. The third-order valence-corrected chi connectivity index (χ3v) is 4.93. The summed E-state index contributed by atoms with van der Waals surface area (Å²) < 4.78 is 26.9. The SMILES string of the molecule is CC(C)CN(C(C)C)S(=O)(=O)c1ccc(N)cc1C#N. The number of sulfonamides is 1. The number of rotatable bonds is 5. The van der Waals surface area contributed by atoms with Gasteiger partial charge in [-0.15, -0.1) is 0 Å². The number of nitrogens with two attached hydrogens (primary N) is 1. The Morgan fingerprint density at radius 3 is 2.35 bits per heavy atom. The molecule has 20 heavy (non-hydrogen) atoms. The second-order valence-electron chi connectivity index (χ2n) is 5.43. The van der Waals surface area contributed by atoms with Gasteiger partial charge in [-0.1, -0.05) is 13.8 Å². The third kappa shape index (κ3) is 3.50. The van der Waals surface area contributed by atoms with Crippen LogP contribution in [0, 0.1) is 17.2 Å². The van der Waals surface area contributed by atoms with Gasteiger partial charge in [0.25, 0.3) is 0 Å². The van der Waals surface area contributed by atoms with E-state index in [-0.39, 0.29) is 22.4 Å². The smallest absolute Gasteiger partial charge is 0.244 e. The van der Waals surface area contributed by atoms with Crippen LogP contribution in [-0.2, 0) is 10.0 Å². The molecule has 0 bridgehead atoms. The van der Waals surface area contributed by atoms with Crippen LogP contribution in [0.15, 0.2) is 23.1 Å². The topological polar surface area (TPSA) is 87.2 Å². The Balaban J connectivity index is 3.38. The fraction of sp³-hybridized carbons (Fsp3) is 0.500. The van der Waals surface area contributed by atoms with Crippen LogP contribution in [0.1, 0.15) is 33.3 Å². The molecule has 5 nitrogen and oxygen atoms in total. The molecule has 0 atom stereocenters. The van der Waals surface area contributed by atoms with Gasteiger partial charge in [0.15, 0.2) is 0 Å². The van der Waals surface area contributed by atoms with Crippen LogP contribution in [0.2, 0.25) is 0 Å². The summed E-state index contributed by atoms with van der Waals surface area (Å²) in [5.74, 6) is 0.200. The first kappa shape index (κ1) is 16.5. The van der Waals surface area contributed by atoms with Crippen molar-refractivity contribution in [2.45, 2.75) is 38.6 Å². The number of hydrogen-bond acceptors (Lipinski definition) is 4. The summed E-state index contributed by atoms with van der Waals surface area (Å²) in [4.78, 5) is 0.0172. The van der Waals surface area contributed by atoms with Crippen LogP contribution in [0.5, 0.6) is 0 Å². The van der Waals surface area contributed by atoms with Crippen molar-refractivity contribution in [3.63, 3.8) is 0 Å². The third-order valence-electron chi connectivity index (χ3n) is 2.83. The van der Waals surface area contributed by atoms with Crippen molar-refractivity contribution in [3.05, 3.63) is 23.8 Å². The molecule has 0 aliphatic carbocycles. The lowest BCUT2D eigenvalue weighted by atomic mass is 10.2. The molecular formula is C14H21N3O2S. The monoisotopic (exact) mass is 295 g/mol. The molecule has 0 saturated heterocycles. The predicted octanol–water partition coefficient (Wildman–Crippen LogP) is 2.20. The minimum atomic E-state index is -3.70. The molecule has 0 aromatic heterocycles. The van der Waals surface area contributed by atoms with E-state index < -0.39 is 10.0 Å². The van der Waals surface area contributed by atoms with Crippen molar-refractivity contribution < 1.29 is 8.42 Å². The van der Waals surface area contributed by atoms with Gasteiger partial charge in [0.2, 0.25) is 10.0 Å². The lowest BCUT2D eigenvalue weighted by Gasteiger charge is -2.27. The highest BCUT2D eigenvalue weighted by atomic mass is 32.2. The maximum atomic E-state index is 12.7. The van der Waals surface area contributed by atoms with Gasteiger partial charge >= 0.3 is 0 Å². The molecule has 0 aliphatic heterocycles. The average Bonchev–Trinajstić information content (AvgIpc) is 2.34. The first-order chi connectivity index (χ1) is 9.20.